The Kier molecular flexibility index (Phi) is 5.61. The maximum atomic E-state index is 6.14. The molecule has 1 heterocycles. The van der Waals surface area contributed by atoms with Gasteiger partial charge >= 0.3 is 0 Å². The first-order chi connectivity index (χ1) is 9.71. The zero-order chi connectivity index (χ0) is 14.5. The molecule has 1 saturated carbocycles. The molecule has 0 saturated heterocycles. The van der Waals surface area contributed by atoms with Gasteiger partial charge in [-0.3, -0.25) is 9.58 Å². The van der Waals surface area contributed by atoms with Gasteiger partial charge < -0.3 is 5.73 Å². The molecule has 1 unspecified atom stereocenters. The number of aryl methyl sites for hydroxylation is 2. The largest absolute Gasteiger partial charge is 0.329 e. The quantitative estimate of drug-likeness (QED) is 0.870. The normalized spacial score (nSPS) is 18.6. The molecule has 0 bridgehead atoms. The number of nitrogens with two attached hydrogens (primary N) is 1. The van der Waals surface area contributed by atoms with Crippen LogP contribution in [0.1, 0.15) is 63.3 Å². The molecule has 0 aliphatic heterocycles. The van der Waals surface area contributed by atoms with E-state index in [4.69, 9.17) is 5.73 Å². The van der Waals surface area contributed by atoms with Crippen LogP contribution in [0, 0.1) is 0 Å². The summed E-state index contributed by atoms with van der Waals surface area (Å²) in [4.78, 5) is 2.62. The molecule has 114 valence electrons. The van der Waals surface area contributed by atoms with E-state index in [-0.39, 0.29) is 0 Å². The number of rotatable bonds is 6. The Labute approximate surface area is 123 Å². The summed E-state index contributed by atoms with van der Waals surface area (Å²) in [6, 6.07) is 1.03. The molecule has 4 nitrogen and oxygen atoms in total. The van der Waals surface area contributed by atoms with Crippen molar-refractivity contribution in [2.24, 2.45) is 12.8 Å². The van der Waals surface area contributed by atoms with Crippen molar-refractivity contribution in [3.8, 4) is 0 Å². The van der Waals surface area contributed by atoms with Crippen molar-refractivity contribution >= 4 is 0 Å². The minimum absolute atomic E-state index is 0.326. The molecule has 0 amide bonds. The van der Waals surface area contributed by atoms with Crippen LogP contribution < -0.4 is 5.73 Å². The second-order valence-electron chi connectivity index (χ2n) is 5.93. The monoisotopic (exact) mass is 278 g/mol. The first-order valence-corrected chi connectivity index (χ1v) is 8.19. The average Bonchev–Trinajstić information content (AvgIpc) is 2.86. The fraction of sp³-hybridized carbons (Fsp3) is 0.812. The van der Waals surface area contributed by atoms with Gasteiger partial charge in [-0.1, -0.05) is 33.1 Å². The summed E-state index contributed by atoms with van der Waals surface area (Å²) in [6.45, 7) is 6.20. The highest BCUT2D eigenvalue weighted by molar-refractivity contribution is 5.22. The van der Waals surface area contributed by atoms with E-state index in [1.807, 2.05) is 11.7 Å². The third kappa shape index (κ3) is 3.23. The van der Waals surface area contributed by atoms with Crippen LogP contribution in [0.2, 0.25) is 0 Å². The molecule has 2 rings (SSSR count). The smallest absolute Gasteiger partial charge is 0.0670 e. The lowest BCUT2D eigenvalue weighted by Crippen LogP contribution is -2.42. The summed E-state index contributed by atoms with van der Waals surface area (Å²) in [7, 11) is 2.01. The number of hydrogen-bond acceptors (Lipinski definition) is 3. The Morgan fingerprint density at radius 3 is 2.60 bits per heavy atom. The predicted molar refractivity (Wildman–Crippen MR) is 83.6 cm³/mol. The van der Waals surface area contributed by atoms with Crippen LogP contribution in [0.15, 0.2) is 6.20 Å². The van der Waals surface area contributed by atoms with Gasteiger partial charge in [-0.2, -0.15) is 5.10 Å². The van der Waals surface area contributed by atoms with Gasteiger partial charge in [0.15, 0.2) is 0 Å². The molecule has 1 aliphatic rings. The summed E-state index contributed by atoms with van der Waals surface area (Å²) in [5.74, 6) is 0. The van der Waals surface area contributed by atoms with E-state index in [0.29, 0.717) is 18.6 Å². The van der Waals surface area contributed by atoms with Gasteiger partial charge in [0.05, 0.1) is 11.7 Å². The van der Waals surface area contributed by atoms with E-state index < -0.39 is 0 Å². The molecular weight excluding hydrogens is 248 g/mol. The van der Waals surface area contributed by atoms with Gasteiger partial charge in [-0.05, 0) is 25.8 Å². The third-order valence-corrected chi connectivity index (χ3v) is 4.66. The second kappa shape index (κ2) is 7.23. The van der Waals surface area contributed by atoms with E-state index in [9.17, 15) is 0 Å². The molecule has 1 aromatic heterocycles. The Morgan fingerprint density at radius 2 is 2.05 bits per heavy atom. The van der Waals surface area contributed by atoms with Crippen molar-refractivity contribution in [3.05, 3.63) is 17.5 Å². The highest BCUT2D eigenvalue weighted by Crippen LogP contribution is 2.30. The average molecular weight is 278 g/mol. The summed E-state index contributed by atoms with van der Waals surface area (Å²) in [5, 5.41) is 4.59. The lowest BCUT2D eigenvalue weighted by molar-refractivity contribution is 0.113. The zero-order valence-corrected chi connectivity index (χ0v) is 13.3. The van der Waals surface area contributed by atoms with Crippen molar-refractivity contribution in [3.63, 3.8) is 0 Å². The molecule has 2 N–H and O–H groups in total. The van der Waals surface area contributed by atoms with Crippen LogP contribution in [-0.4, -0.2) is 33.8 Å². The molecule has 1 aromatic rings. The predicted octanol–water partition coefficient (Wildman–Crippen LogP) is 2.64. The number of likely N-dealkylation sites (N-methyl/N-ethyl adjacent to an activating group) is 1. The van der Waals surface area contributed by atoms with Crippen LogP contribution in [0.25, 0.3) is 0 Å². The molecular formula is C16H30N4. The van der Waals surface area contributed by atoms with Gasteiger partial charge in [-0.25, -0.2) is 0 Å². The highest BCUT2D eigenvalue weighted by atomic mass is 15.3. The SMILES string of the molecule is CCc1nn(C)cc1C(CN)N(CC)C1CCCCC1. The maximum absolute atomic E-state index is 6.14. The first kappa shape index (κ1) is 15.5. The lowest BCUT2D eigenvalue weighted by atomic mass is 9.91. The van der Waals surface area contributed by atoms with E-state index >= 15 is 0 Å². The summed E-state index contributed by atoms with van der Waals surface area (Å²) >= 11 is 0. The molecule has 1 aliphatic carbocycles. The zero-order valence-electron chi connectivity index (χ0n) is 13.3. The summed E-state index contributed by atoms with van der Waals surface area (Å²) in [5.41, 5.74) is 8.69. The lowest BCUT2D eigenvalue weighted by Gasteiger charge is -2.39. The third-order valence-electron chi connectivity index (χ3n) is 4.66. The van der Waals surface area contributed by atoms with Gasteiger partial charge in [0, 0.05) is 31.4 Å². The van der Waals surface area contributed by atoms with Crippen molar-refractivity contribution in [2.75, 3.05) is 13.1 Å². The topological polar surface area (TPSA) is 47.1 Å². The highest BCUT2D eigenvalue weighted by Gasteiger charge is 2.28. The van der Waals surface area contributed by atoms with E-state index in [2.05, 4.69) is 30.0 Å². The molecule has 0 spiro atoms. The van der Waals surface area contributed by atoms with Crippen molar-refractivity contribution in [1.82, 2.24) is 14.7 Å². The Hall–Kier alpha value is -0.870. The second-order valence-corrected chi connectivity index (χ2v) is 5.93. The first-order valence-electron chi connectivity index (χ1n) is 8.19. The minimum Gasteiger partial charge on any atom is -0.329 e. The number of hydrogen-bond donors (Lipinski definition) is 1. The van der Waals surface area contributed by atoms with E-state index in [1.54, 1.807) is 0 Å². The summed E-state index contributed by atoms with van der Waals surface area (Å²) in [6.07, 6.45) is 9.93. The molecule has 20 heavy (non-hydrogen) atoms. The standard InChI is InChI=1S/C16H30N4/c1-4-15-14(12-19(3)18-15)16(11-17)20(5-2)13-9-7-6-8-10-13/h12-13,16H,4-11,17H2,1-3H3. The van der Waals surface area contributed by atoms with E-state index in [0.717, 1.165) is 13.0 Å². The van der Waals surface area contributed by atoms with Crippen molar-refractivity contribution in [1.29, 1.82) is 0 Å². The van der Waals surface area contributed by atoms with Crippen LogP contribution in [0.5, 0.6) is 0 Å². The van der Waals surface area contributed by atoms with Crippen LogP contribution in [0.4, 0.5) is 0 Å². The van der Waals surface area contributed by atoms with Crippen molar-refractivity contribution < 1.29 is 0 Å². The minimum atomic E-state index is 0.326. The molecule has 0 radical (unpaired) electrons. The maximum Gasteiger partial charge on any atom is 0.0670 e. The van der Waals surface area contributed by atoms with Crippen LogP contribution in [0.3, 0.4) is 0 Å². The molecule has 0 aromatic carbocycles. The van der Waals surface area contributed by atoms with Crippen LogP contribution >= 0.6 is 0 Å². The van der Waals surface area contributed by atoms with Gasteiger partial charge in [0.1, 0.15) is 0 Å². The fourth-order valence-electron chi connectivity index (χ4n) is 3.69. The molecule has 4 heteroatoms. The molecule has 1 fully saturated rings. The van der Waals surface area contributed by atoms with Crippen LogP contribution in [-0.2, 0) is 13.5 Å². The van der Waals surface area contributed by atoms with Gasteiger partial charge in [0.2, 0.25) is 0 Å². The number of nitrogens with zero attached hydrogens (tertiary/aromatic N) is 3. The van der Waals surface area contributed by atoms with Gasteiger partial charge in [-0.15, -0.1) is 0 Å². The summed E-state index contributed by atoms with van der Waals surface area (Å²) < 4.78 is 1.94. The fourth-order valence-corrected chi connectivity index (χ4v) is 3.69. The van der Waals surface area contributed by atoms with E-state index in [1.165, 1.54) is 43.4 Å². The molecule has 1 atom stereocenters. The Balaban J connectivity index is 2.23. The number of aromatic nitrogens is 2. The Morgan fingerprint density at radius 1 is 1.35 bits per heavy atom. The Bertz CT molecular complexity index is 407. The van der Waals surface area contributed by atoms with Crippen molar-refractivity contribution in [2.45, 2.75) is 64.5 Å². The van der Waals surface area contributed by atoms with Gasteiger partial charge in [0.25, 0.3) is 0 Å².